The maximum absolute atomic E-state index is 12.9. The number of thiazole rings is 1. The molecule has 0 aliphatic heterocycles. The molecule has 0 radical (unpaired) electrons. The zero-order chi connectivity index (χ0) is 18.6. The second kappa shape index (κ2) is 8.25. The molecule has 0 aliphatic carbocycles. The van der Waals surface area contributed by atoms with E-state index in [0.717, 1.165) is 16.1 Å². The van der Waals surface area contributed by atoms with Crippen LogP contribution in [0.15, 0.2) is 24.3 Å². The van der Waals surface area contributed by atoms with Gasteiger partial charge in [0.05, 0.1) is 5.69 Å². The fourth-order valence-corrected chi connectivity index (χ4v) is 3.33. The van der Waals surface area contributed by atoms with Gasteiger partial charge < -0.3 is 10.2 Å². The zero-order valence-electron chi connectivity index (χ0n) is 15.4. The molecule has 1 heterocycles. The van der Waals surface area contributed by atoms with Crippen molar-refractivity contribution in [2.24, 2.45) is 5.92 Å². The van der Waals surface area contributed by atoms with Crippen molar-refractivity contribution in [1.82, 2.24) is 9.88 Å². The Kier molecular flexibility index (Phi) is 6.31. The summed E-state index contributed by atoms with van der Waals surface area (Å²) in [6.07, 6.45) is 0. The summed E-state index contributed by atoms with van der Waals surface area (Å²) in [6.45, 7) is 10.4. The molecule has 0 unspecified atom stereocenters. The fourth-order valence-electron chi connectivity index (χ4n) is 2.50. The first-order valence-electron chi connectivity index (χ1n) is 8.36. The summed E-state index contributed by atoms with van der Waals surface area (Å²) in [5, 5.41) is 3.38. The molecule has 25 heavy (non-hydrogen) atoms. The number of hydrogen-bond donors (Lipinski definition) is 1. The number of nitrogens with zero attached hydrogens (tertiary/aromatic N) is 2. The average molecular weight is 359 g/mol. The van der Waals surface area contributed by atoms with Crippen LogP contribution in [0.5, 0.6) is 0 Å². The Morgan fingerprint density at radius 2 is 1.88 bits per heavy atom. The molecule has 134 valence electrons. The molecule has 1 aromatic carbocycles. The van der Waals surface area contributed by atoms with Gasteiger partial charge in [0.2, 0.25) is 5.91 Å². The third-order valence-electron chi connectivity index (χ3n) is 3.86. The molecule has 1 aromatic heterocycles. The van der Waals surface area contributed by atoms with E-state index in [9.17, 15) is 9.59 Å². The van der Waals surface area contributed by atoms with E-state index in [-0.39, 0.29) is 24.3 Å². The lowest BCUT2D eigenvalue weighted by molar-refractivity contribution is -0.117. The highest BCUT2D eigenvalue weighted by molar-refractivity contribution is 7.15. The van der Waals surface area contributed by atoms with Crippen LogP contribution in [0.3, 0.4) is 0 Å². The number of amides is 2. The second-order valence-electron chi connectivity index (χ2n) is 6.60. The van der Waals surface area contributed by atoms with Crippen LogP contribution in [-0.2, 0) is 4.79 Å². The highest BCUT2D eigenvalue weighted by atomic mass is 32.1. The molecule has 2 rings (SSSR count). The van der Waals surface area contributed by atoms with Gasteiger partial charge in [-0.1, -0.05) is 32.0 Å². The summed E-state index contributed by atoms with van der Waals surface area (Å²) in [6, 6.07) is 7.45. The van der Waals surface area contributed by atoms with E-state index in [0.29, 0.717) is 17.2 Å². The zero-order valence-corrected chi connectivity index (χ0v) is 16.2. The molecule has 2 aromatic rings. The van der Waals surface area contributed by atoms with Crippen molar-refractivity contribution in [3.05, 3.63) is 46.0 Å². The van der Waals surface area contributed by atoms with Crippen LogP contribution in [0.25, 0.3) is 0 Å². The molecular weight excluding hydrogens is 334 g/mol. The first-order chi connectivity index (χ1) is 11.8. The SMILES string of the molecule is Cc1ccccc1C(=O)N(CC(=O)Nc1nc(C)c(C)s1)CC(C)C. The van der Waals surface area contributed by atoms with Crippen molar-refractivity contribution in [1.29, 1.82) is 0 Å². The summed E-state index contributed by atoms with van der Waals surface area (Å²) >= 11 is 1.44. The Balaban J connectivity index is 2.13. The maximum atomic E-state index is 12.9. The summed E-state index contributed by atoms with van der Waals surface area (Å²) < 4.78 is 0. The standard InChI is InChI=1S/C19H25N3O2S/c1-12(2)10-22(18(24)16-9-7-6-8-13(16)3)11-17(23)21-19-20-14(4)15(5)25-19/h6-9,12H,10-11H2,1-5H3,(H,20,21,23). The monoisotopic (exact) mass is 359 g/mol. The highest BCUT2D eigenvalue weighted by Crippen LogP contribution is 2.21. The summed E-state index contributed by atoms with van der Waals surface area (Å²) in [5.74, 6) is -0.0742. The Morgan fingerprint density at radius 1 is 1.20 bits per heavy atom. The molecule has 5 nitrogen and oxygen atoms in total. The minimum atomic E-state index is -0.226. The Bertz CT molecular complexity index is 748. The van der Waals surface area contributed by atoms with Gasteiger partial charge in [-0.2, -0.15) is 0 Å². The van der Waals surface area contributed by atoms with Gasteiger partial charge in [0.25, 0.3) is 5.91 Å². The normalized spacial score (nSPS) is 10.8. The highest BCUT2D eigenvalue weighted by Gasteiger charge is 2.21. The molecule has 1 N–H and O–H groups in total. The van der Waals surface area contributed by atoms with Crippen molar-refractivity contribution in [2.45, 2.75) is 34.6 Å². The molecule has 0 atom stereocenters. The van der Waals surface area contributed by atoms with Crippen molar-refractivity contribution >= 4 is 28.3 Å². The number of aromatic nitrogens is 1. The van der Waals surface area contributed by atoms with Gasteiger partial charge in [0.1, 0.15) is 6.54 Å². The first kappa shape index (κ1) is 19.1. The smallest absolute Gasteiger partial charge is 0.254 e. The van der Waals surface area contributed by atoms with Gasteiger partial charge in [-0.05, 0) is 38.3 Å². The van der Waals surface area contributed by atoms with E-state index in [2.05, 4.69) is 10.3 Å². The van der Waals surface area contributed by atoms with Crippen molar-refractivity contribution in [3.63, 3.8) is 0 Å². The van der Waals surface area contributed by atoms with Gasteiger partial charge in [0, 0.05) is 17.0 Å². The third-order valence-corrected chi connectivity index (χ3v) is 4.85. The lowest BCUT2D eigenvalue weighted by Crippen LogP contribution is -2.40. The average Bonchev–Trinajstić information content (AvgIpc) is 2.83. The minimum absolute atomic E-state index is 0.0169. The number of anilines is 1. The number of rotatable bonds is 6. The molecule has 6 heteroatoms. The molecule has 0 aliphatic rings. The number of benzene rings is 1. The summed E-state index contributed by atoms with van der Waals surface area (Å²) in [5.41, 5.74) is 2.46. The second-order valence-corrected chi connectivity index (χ2v) is 7.81. The molecule has 0 saturated heterocycles. The number of carbonyl (C=O) groups excluding carboxylic acids is 2. The van der Waals surface area contributed by atoms with Crippen LogP contribution in [0.1, 0.15) is 40.3 Å². The lowest BCUT2D eigenvalue weighted by Gasteiger charge is -2.24. The molecule has 0 bridgehead atoms. The van der Waals surface area contributed by atoms with Crippen LogP contribution >= 0.6 is 11.3 Å². The number of carbonyl (C=O) groups is 2. The largest absolute Gasteiger partial charge is 0.329 e. The van der Waals surface area contributed by atoms with Gasteiger partial charge in [-0.25, -0.2) is 4.98 Å². The molecule has 0 saturated carbocycles. The van der Waals surface area contributed by atoms with Crippen molar-refractivity contribution < 1.29 is 9.59 Å². The number of aryl methyl sites for hydroxylation is 3. The summed E-state index contributed by atoms with van der Waals surface area (Å²) in [4.78, 5) is 32.3. The van der Waals surface area contributed by atoms with E-state index in [4.69, 9.17) is 0 Å². The first-order valence-corrected chi connectivity index (χ1v) is 9.18. The Morgan fingerprint density at radius 3 is 2.44 bits per heavy atom. The van der Waals surface area contributed by atoms with Crippen LogP contribution in [0, 0.1) is 26.7 Å². The quantitative estimate of drug-likeness (QED) is 0.853. The van der Waals surface area contributed by atoms with Crippen LogP contribution in [-0.4, -0.2) is 34.8 Å². The molecular formula is C19H25N3O2S. The minimum Gasteiger partial charge on any atom is -0.329 e. The van der Waals surface area contributed by atoms with Gasteiger partial charge in [-0.15, -0.1) is 11.3 Å². The summed E-state index contributed by atoms with van der Waals surface area (Å²) in [7, 11) is 0. The molecule has 2 amide bonds. The molecule has 0 spiro atoms. The Labute approximate surface area is 153 Å². The number of hydrogen-bond acceptors (Lipinski definition) is 4. The fraction of sp³-hybridized carbons (Fsp3) is 0.421. The van der Waals surface area contributed by atoms with Crippen LogP contribution < -0.4 is 5.32 Å². The number of nitrogens with one attached hydrogen (secondary N) is 1. The predicted octanol–water partition coefficient (Wildman–Crippen LogP) is 3.81. The van der Waals surface area contributed by atoms with Crippen molar-refractivity contribution in [2.75, 3.05) is 18.4 Å². The van der Waals surface area contributed by atoms with E-state index in [1.54, 1.807) is 11.0 Å². The lowest BCUT2D eigenvalue weighted by atomic mass is 10.1. The van der Waals surface area contributed by atoms with Crippen molar-refractivity contribution in [3.8, 4) is 0 Å². The van der Waals surface area contributed by atoms with E-state index < -0.39 is 0 Å². The van der Waals surface area contributed by atoms with E-state index in [1.165, 1.54) is 11.3 Å². The topological polar surface area (TPSA) is 62.3 Å². The third kappa shape index (κ3) is 5.13. The van der Waals surface area contributed by atoms with E-state index in [1.807, 2.05) is 52.8 Å². The van der Waals surface area contributed by atoms with Crippen LogP contribution in [0.4, 0.5) is 5.13 Å². The van der Waals surface area contributed by atoms with E-state index >= 15 is 0 Å². The maximum Gasteiger partial charge on any atom is 0.254 e. The van der Waals surface area contributed by atoms with Gasteiger partial charge in [-0.3, -0.25) is 9.59 Å². The van der Waals surface area contributed by atoms with Gasteiger partial charge >= 0.3 is 0 Å². The Hall–Kier alpha value is -2.21. The predicted molar refractivity (Wildman–Crippen MR) is 102 cm³/mol. The molecule has 0 fully saturated rings. The van der Waals surface area contributed by atoms with Crippen LogP contribution in [0.2, 0.25) is 0 Å². The van der Waals surface area contributed by atoms with Gasteiger partial charge in [0.15, 0.2) is 5.13 Å².